The maximum atomic E-state index is 12.2. The molecule has 0 bridgehead atoms. The second kappa shape index (κ2) is 19.7. The first-order valence-electron chi connectivity index (χ1n) is 19.0. The summed E-state index contributed by atoms with van der Waals surface area (Å²) in [5.41, 5.74) is 9.32. The molecule has 0 spiro atoms. The number of ether oxygens (including phenoxy) is 3. The molecule has 62 heavy (non-hydrogen) atoms. The number of rotatable bonds is 12. The van der Waals surface area contributed by atoms with Crippen molar-refractivity contribution in [2.75, 3.05) is 37.3 Å². The van der Waals surface area contributed by atoms with E-state index in [0.29, 0.717) is 40.0 Å². The summed E-state index contributed by atoms with van der Waals surface area (Å²) in [4.78, 5) is 54.7. The Hall–Kier alpha value is -7.55. The summed E-state index contributed by atoms with van der Waals surface area (Å²) in [5, 5.41) is 33.2. The highest BCUT2D eigenvalue weighted by Gasteiger charge is 2.30. The van der Waals surface area contributed by atoms with Gasteiger partial charge in [0.15, 0.2) is 39.8 Å². The van der Waals surface area contributed by atoms with Crippen LogP contribution in [0, 0.1) is 18.8 Å². The standard InChI is InChI=1S/C20H21N7O3.C16H15ClN6O3.C4H7NO/c1-11-13(18-21-10-27(2)26-18)5-4-6-14(11)22-15-9-16(23-19(28)12-7-8-12)24-25-17(15)20(29)30-3;1-23-8-18-15(22-23)9-5-4-6-10(14(9)25-2)19-11-7-12(17)20-21-13(11)16(24)26-3;5-4(6)3-1-2-3/h4-6,9-10,12H,7-8H2,1-3H3,(H2,22,23,24,28);4-8H,1-3H3,(H,19,20);3H,1-2H2,(H2,5,6). The number of aryl methyl sites for hydroxylation is 2. The van der Waals surface area contributed by atoms with Gasteiger partial charge < -0.3 is 35.9 Å². The number of amides is 2. The van der Waals surface area contributed by atoms with E-state index in [9.17, 15) is 19.2 Å². The van der Waals surface area contributed by atoms with Gasteiger partial charge in [-0.05, 0) is 56.4 Å². The van der Waals surface area contributed by atoms with Crippen LogP contribution in [0.25, 0.3) is 22.8 Å². The summed E-state index contributed by atoms with van der Waals surface area (Å²) < 4.78 is 18.3. The predicted molar refractivity (Wildman–Crippen MR) is 226 cm³/mol. The maximum absolute atomic E-state index is 12.2. The number of anilines is 5. The van der Waals surface area contributed by atoms with Gasteiger partial charge in [0.1, 0.15) is 12.7 Å². The molecule has 0 saturated heterocycles. The molecule has 0 unspecified atom stereocenters. The van der Waals surface area contributed by atoms with Crippen molar-refractivity contribution >= 4 is 63.9 Å². The van der Waals surface area contributed by atoms with E-state index in [4.69, 9.17) is 31.5 Å². The molecular formula is C40H43ClN14O7. The van der Waals surface area contributed by atoms with E-state index in [1.165, 1.54) is 27.4 Å². The largest absolute Gasteiger partial charge is 0.494 e. The predicted octanol–water partition coefficient (Wildman–Crippen LogP) is 4.81. The molecule has 4 heterocycles. The molecular weight excluding hydrogens is 824 g/mol. The van der Waals surface area contributed by atoms with Crippen LogP contribution in [-0.4, -0.2) is 95.0 Å². The summed E-state index contributed by atoms with van der Waals surface area (Å²) in [6, 6.07) is 14.1. The molecule has 0 atom stereocenters. The van der Waals surface area contributed by atoms with Gasteiger partial charge in [-0.25, -0.2) is 19.6 Å². The number of methoxy groups -OCH3 is 3. The number of benzene rings is 2. The molecule has 0 aliphatic heterocycles. The van der Waals surface area contributed by atoms with Gasteiger partial charge in [0.25, 0.3) is 0 Å². The average molecular weight is 867 g/mol. The Morgan fingerprint density at radius 3 is 1.76 bits per heavy atom. The number of nitrogens with zero attached hydrogens (tertiary/aromatic N) is 10. The van der Waals surface area contributed by atoms with Gasteiger partial charge in [-0.15, -0.1) is 20.4 Å². The minimum Gasteiger partial charge on any atom is -0.494 e. The first-order chi connectivity index (χ1) is 29.8. The molecule has 2 fully saturated rings. The van der Waals surface area contributed by atoms with Crippen molar-refractivity contribution in [3.63, 3.8) is 0 Å². The highest BCUT2D eigenvalue weighted by molar-refractivity contribution is 6.29. The van der Waals surface area contributed by atoms with Crippen molar-refractivity contribution in [2.24, 2.45) is 31.7 Å². The normalized spacial score (nSPS) is 12.7. The summed E-state index contributed by atoms with van der Waals surface area (Å²) in [7, 11) is 7.65. The number of primary amides is 1. The number of halogens is 1. The Bertz CT molecular complexity index is 2610. The summed E-state index contributed by atoms with van der Waals surface area (Å²) in [6.45, 7) is 1.93. The summed E-state index contributed by atoms with van der Waals surface area (Å²) >= 11 is 5.91. The van der Waals surface area contributed by atoms with E-state index < -0.39 is 11.9 Å². The van der Waals surface area contributed by atoms with Crippen LogP contribution in [-0.2, 0) is 33.2 Å². The smallest absolute Gasteiger partial charge is 0.360 e. The van der Waals surface area contributed by atoms with Crippen LogP contribution in [0.4, 0.5) is 28.6 Å². The topological polar surface area (TPSA) is 271 Å². The van der Waals surface area contributed by atoms with Gasteiger partial charge in [0, 0.05) is 49.3 Å². The van der Waals surface area contributed by atoms with E-state index >= 15 is 0 Å². The minimum absolute atomic E-state index is 0.000294. The fourth-order valence-electron chi connectivity index (χ4n) is 5.71. The molecule has 5 N–H and O–H groups in total. The monoisotopic (exact) mass is 866 g/mol. The van der Waals surface area contributed by atoms with Crippen LogP contribution in [0.2, 0.25) is 5.15 Å². The number of hydrogen-bond acceptors (Lipinski definition) is 17. The number of carbonyl (C=O) groups is 4. The Morgan fingerprint density at radius 2 is 1.24 bits per heavy atom. The van der Waals surface area contributed by atoms with Crippen molar-refractivity contribution < 1.29 is 33.4 Å². The number of nitrogens with two attached hydrogens (primary N) is 1. The number of nitrogens with one attached hydrogen (secondary N) is 3. The molecule has 322 valence electrons. The Balaban J connectivity index is 0.000000183. The summed E-state index contributed by atoms with van der Waals surface area (Å²) in [6.07, 6.45) is 7.02. The van der Waals surface area contributed by atoms with Gasteiger partial charge >= 0.3 is 11.9 Å². The molecule has 2 saturated carbocycles. The van der Waals surface area contributed by atoms with Gasteiger partial charge in [-0.2, -0.15) is 10.2 Å². The molecule has 6 aromatic rings. The number of para-hydroxylation sites is 1. The fraction of sp³-hybridized carbons (Fsp3) is 0.300. The lowest BCUT2D eigenvalue weighted by molar-refractivity contribution is -0.119. The highest BCUT2D eigenvalue weighted by atomic mass is 35.5. The lowest BCUT2D eigenvalue weighted by Crippen LogP contribution is -2.17. The zero-order valence-corrected chi connectivity index (χ0v) is 35.3. The first kappa shape index (κ1) is 44.0. The quantitative estimate of drug-likeness (QED) is 0.120. The third-order valence-corrected chi connectivity index (χ3v) is 9.45. The molecule has 2 aliphatic rings. The van der Waals surface area contributed by atoms with Crippen molar-refractivity contribution in [3.8, 4) is 28.5 Å². The highest BCUT2D eigenvalue weighted by Crippen LogP contribution is 2.37. The third-order valence-electron chi connectivity index (χ3n) is 9.27. The second-order valence-electron chi connectivity index (χ2n) is 13.9. The van der Waals surface area contributed by atoms with E-state index in [1.807, 2.05) is 37.3 Å². The van der Waals surface area contributed by atoms with Gasteiger partial charge in [0.05, 0.1) is 44.0 Å². The van der Waals surface area contributed by atoms with Crippen molar-refractivity contribution in [2.45, 2.75) is 32.6 Å². The van der Waals surface area contributed by atoms with Crippen LogP contribution in [0.3, 0.4) is 0 Å². The van der Waals surface area contributed by atoms with E-state index in [-0.39, 0.29) is 46.0 Å². The van der Waals surface area contributed by atoms with Crippen LogP contribution in [0.1, 0.15) is 52.2 Å². The van der Waals surface area contributed by atoms with Gasteiger partial charge in [-0.3, -0.25) is 19.0 Å². The Kier molecular flexibility index (Phi) is 14.0. The Morgan fingerprint density at radius 1 is 0.710 bits per heavy atom. The molecule has 21 nitrogen and oxygen atoms in total. The van der Waals surface area contributed by atoms with Crippen molar-refractivity contribution in [3.05, 3.63) is 83.3 Å². The van der Waals surface area contributed by atoms with Crippen molar-refractivity contribution in [1.82, 2.24) is 49.9 Å². The summed E-state index contributed by atoms with van der Waals surface area (Å²) in [5.74, 6) is 0.631. The molecule has 2 amide bonds. The van der Waals surface area contributed by atoms with Crippen LogP contribution >= 0.6 is 11.6 Å². The first-order valence-corrected chi connectivity index (χ1v) is 19.4. The van der Waals surface area contributed by atoms with Crippen molar-refractivity contribution in [1.29, 1.82) is 0 Å². The third kappa shape index (κ3) is 11.0. The molecule has 8 rings (SSSR count). The second-order valence-corrected chi connectivity index (χ2v) is 14.3. The van der Waals surface area contributed by atoms with Crippen LogP contribution in [0.5, 0.6) is 5.75 Å². The molecule has 2 aromatic carbocycles. The molecule has 22 heteroatoms. The van der Waals surface area contributed by atoms with Gasteiger partial charge in [-0.1, -0.05) is 29.8 Å². The zero-order valence-electron chi connectivity index (χ0n) is 34.5. The lowest BCUT2D eigenvalue weighted by Gasteiger charge is -2.15. The minimum atomic E-state index is -0.641. The van der Waals surface area contributed by atoms with E-state index in [0.717, 1.165) is 42.5 Å². The lowest BCUT2D eigenvalue weighted by atomic mass is 10.1. The number of carbonyl (C=O) groups excluding carboxylic acids is 4. The number of hydrogen-bond donors (Lipinski definition) is 4. The fourth-order valence-corrected chi connectivity index (χ4v) is 5.86. The zero-order chi connectivity index (χ0) is 44.5. The van der Waals surface area contributed by atoms with Crippen LogP contribution < -0.4 is 26.4 Å². The SMILES string of the molecule is COC(=O)c1nnc(Cl)cc1Nc1cccc(-c2ncn(C)n2)c1OC.COC(=O)c1nnc(NC(=O)C2CC2)cc1Nc1cccc(-c2ncn(C)n2)c1C.NC(=O)C1CC1. The number of esters is 2. The van der Waals surface area contributed by atoms with Crippen LogP contribution in [0.15, 0.2) is 61.2 Å². The number of aromatic nitrogens is 10. The van der Waals surface area contributed by atoms with E-state index in [1.54, 1.807) is 48.2 Å². The maximum Gasteiger partial charge on any atom is 0.360 e. The molecule has 0 radical (unpaired) electrons. The average Bonchev–Trinajstić information content (AvgIpc) is 4.21. The molecule has 2 aliphatic carbocycles. The van der Waals surface area contributed by atoms with E-state index in [2.05, 4.69) is 56.5 Å². The Labute approximate surface area is 359 Å². The van der Waals surface area contributed by atoms with Gasteiger partial charge in [0.2, 0.25) is 11.8 Å². The molecule has 4 aromatic heterocycles.